The number of aromatic nitrogens is 4. The quantitative estimate of drug-likeness (QED) is 0.637. The highest BCUT2D eigenvalue weighted by atomic mass is 32.1. The van der Waals surface area contributed by atoms with Gasteiger partial charge in [0, 0.05) is 57.7 Å². The van der Waals surface area contributed by atoms with Crippen LogP contribution in [0.1, 0.15) is 22.4 Å². The fourth-order valence-electron chi connectivity index (χ4n) is 3.75. The van der Waals surface area contributed by atoms with Gasteiger partial charge in [-0.25, -0.2) is 0 Å². The van der Waals surface area contributed by atoms with Crippen molar-refractivity contribution in [1.82, 2.24) is 29.4 Å². The predicted octanol–water partition coefficient (Wildman–Crippen LogP) is 2.80. The maximum Gasteiger partial charge on any atom is 0.173 e. The van der Waals surface area contributed by atoms with Crippen molar-refractivity contribution in [3.8, 4) is 0 Å². The zero-order chi connectivity index (χ0) is 21.1. The van der Waals surface area contributed by atoms with E-state index in [0.29, 0.717) is 0 Å². The molecular weight excluding hydrogens is 394 g/mol. The Bertz CT molecular complexity index is 997. The van der Waals surface area contributed by atoms with E-state index >= 15 is 0 Å². The van der Waals surface area contributed by atoms with Gasteiger partial charge in [0.15, 0.2) is 5.11 Å². The second-order valence-electron chi connectivity index (χ2n) is 8.02. The monoisotopic (exact) mass is 423 g/mol. The second-order valence-corrected chi connectivity index (χ2v) is 8.41. The first-order valence-electron chi connectivity index (χ1n) is 10.3. The molecule has 0 spiro atoms. The van der Waals surface area contributed by atoms with Crippen LogP contribution in [-0.2, 0) is 20.1 Å². The summed E-state index contributed by atoms with van der Waals surface area (Å²) in [4.78, 5) is 4.70. The van der Waals surface area contributed by atoms with E-state index < -0.39 is 0 Å². The molecule has 1 fully saturated rings. The second kappa shape index (κ2) is 8.97. The summed E-state index contributed by atoms with van der Waals surface area (Å²) in [5.41, 5.74) is 5.84. The van der Waals surface area contributed by atoms with Crippen LogP contribution in [0, 0.1) is 13.8 Å². The van der Waals surface area contributed by atoms with E-state index in [4.69, 9.17) is 12.2 Å². The topological polar surface area (TPSA) is 54.2 Å². The minimum atomic E-state index is 0.751. The number of benzene rings is 1. The van der Waals surface area contributed by atoms with E-state index in [0.717, 1.165) is 55.8 Å². The van der Waals surface area contributed by atoms with E-state index in [-0.39, 0.29) is 0 Å². The number of nitrogens with zero attached hydrogens (tertiary/aromatic N) is 6. The van der Waals surface area contributed by atoms with E-state index in [1.165, 1.54) is 16.7 Å². The van der Waals surface area contributed by atoms with Crippen LogP contribution in [0.2, 0.25) is 0 Å². The van der Waals surface area contributed by atoms with Crippen LogP contribution in [0.25, 0.3) is 0 Å². The molecule has 3 aromatic rings. The first-order chi connectivity index (χ1) is 14.5. The highest BCUT2D eigenvalue weighted by molar-refractivity contribution is 7.80. The number of piperazine rings is 1. The first kappa shape index (κ1) is 20.6. The maximum absolute atomic E-state index is 5.65. The van der Waals surface area contributed by atoms with Crippen molar-refractivity contribution in [3.63, 3.8) is 0 Å². The molecule has 0 bridgehead atoms. The number of hydrogen-bond acceptors (Lipinski definition) is 4. The molecule has 1 aromatic carbocycles. The van der Waals surface area contributed by atoms with Gasteiger partial charge in [0.1, 0.15) is 0 Å². The Morgan fingerprint density at radius 3 is 2.43 bits per heavy atom. The predicted molar refractivity (Wildman–Crippen MR) is 124 cm³/mol. The van der Waals surface area contributed by atoms with Gasteiger partial charge in [0.05, 0.1) is 24.1 Å². The van der Waals surface area contributed by atoms with Gasteiger partial charge >= 0.3 is 0 Å². The normalized spacial score (nSPS) is 14.8. The van der Waals surface area contributed by atoms with Gasteiger partial charge in [-0.15, -0.1) is 0 Å². The minimum Gasteiger partial charge on any atom is -0.346 e. The third-order valence-electron chi connectivity index (χ3n) is 5.52. The molecule has 158 valence electrons. The zero-order valence-electron chi connectivity index (χ0n) is 17.9. The molecule has 2 aromatic heterocycles. The third-order valence-corrected chi connectivity index (χ3v) is 5.88. The number of thiocarbonyl (C=S) groups is 1. The fourth-order valence-corrected chi connectivity index (χ4v) is 4.05. The van der Waals surface area contributed by atoms with E-state index in [2.05, 4.69) is 69.6 Å². The lowest BCUT2D eigenvalue weighted by Crippen LogP contribution is -2.49. The molecule has 0 unspecified atom stereocenters. The van der Waals surface area contributed by atoms with Crippen molar-refractivity contribution in [2.75, 3.05) is 31.5 Å². The van der Waals surface area contributed by atoms with Gasteiger partial charge in [0.25, 0.3) is 0 Å². The van der Waals surface area contributed by atoms with Crippen molar-refractivity contribution in [3.05, 3.63) is 65.2 Å². The van der Waals surface area contributed by atoms with Gasteiger partial charge in [-0.3, -0.25) is 14.3 Å². The Morgan fingerprint density at radius 1 is 1.03 bits per heavy atom. The molecular formula is C22H29N7S. The van der Waals surface area contributed by atoms with Crippen molar-refractivity contribution < 1.29 is 0 Å². The fraction of sp³-hybridized carbons (Fsp3) is 0.409. The molecule has 1 N–H and O–H groups in total. The molecule has 0 saturated carbocycles. The van der Waals surface area contributed by atoms with Crippen LogP contribution in [-0.4, -0.2) is 60.7 Å². The number of aryl methyl sites for hydroxylation is 3. The van der Waals surface area contributed by atoms with Gasteiger partial charge in [-0.2, -0.15) is 10.2 Å². The Morgan fingerprint density at radius 2 is 1.77 bits per heavy atom. The van der Waals surface area contributed by atoms with Crippen LogP contribution in [0.4, 0.5) is 5.69 Å². The lowest BCUT2D eigenvalue weighted by atomic mass is 10.1. The Balaban J connectivity index is 1.26. The van der Waals surface area contributed by atoms with Crippen molar-refractivity contribution in [2.24, 2.45) is 7.05 Å². The zero-order valence-corrected chi connectivity index (χ0v) is 18.7. The van der Waals surface area contributed by atoms with Gasteiger partial charge in [0.2, 0.25) is 0 Å². The lowest BCUT2D eigenvalue weighted by molar-refractivity contribution is 0.176. The summed E-state index contributed by atoms with van der Waals surface area (Å²) in [6, 6.07) is 8.53. The lowest BCUT2D eigenvalue weighted by Gasteiger charge is -2.36. The van der Waals surface area contributed by atoms with E-state index in [1.807, 2.05) is 28.8 Å². The molecule has 0 aliphatic carbocycles. The van der Waals surface area contributed by atoms with Crippen LogP contribution < -0.4 is 5.32 Å². The average molecular weight is 424 g/mol. The Kier molecular flexibility index (Phi) is 6.15. The molecule has 0 amide bonds. The van der Waals surface area contributed by atoms with E-state index in [1.54, 1.807) is 0 Å². The van der Waals surface area contributed by atoms with Gasteiger partial charge < -0.3 is 10.2 Å². The summed E-state index contributed by atoms with van der Waals surface area (Å²) in [7, 11) is 1.97. The van der Waals surface area contributed by atoms with Crippen molar-refractivity contribution in [1.29, 1.82) is 0 Å². The smallest absolute Gasteiger partial charge is 0.173 e. The Labute approximate surface area is 183 Å². The average Bonchev–Trinajstić information content (AvgIpc) is 3.29. The molecule has 3 heterocycles. The van der Waals surface area contributed by atoms with Crippen LogP contribution in [0.3, 0.4) is 0 Å². The number of hydrogen-bond donors (Lipinski definition) is 1. The molecule has 0 atom stereocenters. The third kappa shape index (κ3) is 5.06. The van der Waals surface area contributed by atoms with Crippen LogP contribution in [0.5, 0.6) is 0 Å². The first-order valence-corrected chi connectivity index (χ1v) is 10.7. The van der Waals surface area contributed by atoms with Gasteiger partial charge in [-0.1, -0.05) is 29.8 Å². The summed E-state index contributed by atoms with van der Waals surface area (Å²) in [6.45, 7) is 9.68. The van der Waals surface area contributed by atoms with Gasteiger partial charge in [-0.05, 0) is 31.6 Å². The molecule has 1 aliphatic heterocycles. The SMILES string of the molecule is Cc1ccc(Cn2cc(NC(=S)N3CCN(Cc4cn(C)nc4C)CC3)cn2)cc1. The molecule has 8 heteroatoms. The molecule has 4 rings (SSSR count). The summed E-state index contributed by atoms with van der Waals surface area (Å²) in [5.74, 6) is 0. The highest BCUT2D eigenvalue weighted by Gasteiger charge is 2.20. The van der Waals surface area contributed by atoms with E-state index in [9.17, 15) is 0 Å². The largest absolute Gasteiger partial charge is 0.346 e. The number of anilines is 1. The highest BCUT2D eigenvalue weighted by Crippen LogP contribution is 2.14. The van der Waals surface area contributed by atoms with Crippen LogP contribution in [0.15, 0.2) is 42.9 Å². The molecule has 30 heavy (non-hydrogen) atoms. The minimum absolute atomic E-state index is 0.751. The van der Waals surface area contributed by atoms with Crippen LogP contribution >= 0.6 is 12.2 Å². The Hall–Kier alpha value is -2.71. The standard InChI is InChI=1S/C22H29N7S/c1-17-4-6-19(7-5-17)13-29-16-21(12-23-29)24-22(30)28-10-8-27(9-11-28)15-20-14-26(3)25-18(20)2/h4-7,12,14,16H,8-11,13,15H2,1-3H3,(H,24,30). The summed E-state index contributed by atoms with van der Waals surface area (Å²) < 4.78 is 3.82. The molecule has 7 nitrogen and oxygen atoms in total. The van der Waals surface area contributed by atoms with Crippen molar-refractivity contribution >= 4 is 23.0 Å². The number of rotatable bonds is 5. The molecule has 1 aliphatic rings. The molecule has 1 saturated heterocycles. The molecule has 0 radical (unpaired) electrons. The number of nitrogens with one attached hydrogen (secondary N) is 1. The van der Waals surface area contributed by atoms with Crippen molar-refractivity contribution in [2.45, 2.75) is 26.9 Å². The summed E-state index contributed by atoms with van der Waals surface area (Å²) in [5, 5.41) is 13.0. The summed E-state index contributed by atoms with van der Waals surface area (Å²) in [6.07, 6.45) is 5.96. The maximum atomic E-state index is 5.65. The summed E-state index contributed by atoms with van der Waals surface area (Å²) >= 11 is 5.65.